The van der Waals surface area contributed by atoms with Crippen LogP contribution in [0.2, 0.25) is 0 Å². The standard InChI is InChI=1S/C15H28N2O2/c1-12-3-2-6-17(14(12)10-16)13-4-7-19-15(9-13)5-8-18-11-15/h12-14H,2-11,16H2,1H3. The molecule has 3 fully saturated rings. The van der Waals surface area contributed by atoms with E-state index < -0.39 is 0 Å². The van der Waals surface area contributed by atoms with Crippen LogP contribution in [0.5, 0.6) is 0 Å². The number of nitrogens with two attached hydrogens (primary N) is 1. The summed E-state index contributed by atoms with van der Waals surface area (Å²) in [6.45, 7) is 6.91. The third kappa shape index (κ3) is 2.68. The Morgan fingerprint density at radius 2 is 2.21 bits per heavy atom. The maximum absolute atomic E-state index is 6.06. The normalized spacial score (nSPS) is 44.8. The minimum atomic E-state index is 0.0166. The zero-order valence-electron chi connectivity index (χ0n) is 12.1. The molecule has 1 spiro atoms. The summed E-state index contributed by atoms with van der Waals surface area (Å²) < 4.78 is 11.6. The molecule has 0 aliphatic carbocycles. The Labute approximate surface area is 116 Å². The van der Waals surface area contributed by atoms with Crippen LogP contribution < -0.4 is 5.73 Å². The average Bonchev–Trinajstić information content (AvgIpc) is 2.86. The van der Waals surface area contributed by atoms with Crippen molar-refractivity contribution in [2.75, 3.05) is 32.9 Å². The van der Waals surface area contributed by atoms with Gasteiger partial charge in [-0.1, -0.05) is 6.92 Å². The van der Waals surface area contributed by atoms with E-state index >= 15 is 0 Å². The molecule has 4 heteroatoms. The molecule has 0 bridgehead atoms. The molecule has 3 aliphatic heterocycles. The second-order valence-electron chi connectivity index (χ2n) is 6.64. The van der Waals surface area contributed by atoms with E-state index in [9.17, 15) is 0 Å². The van der Waals surface area contributed by atoms with Crippen molar-refractivity contribution in [1.82, 2.24) is 4.90 Å². The SMILES string of the molecule is CC1CCCN(C2CCOC3(CCOC3)C2)C1CN. The largest absolute Gasteiger partial charge is 0.378 e. The molecular weight excluding hydrogens is 240 g/mol. The van der Waals surface area contributed by atoms with E-state index in [1.807, 2.05) is 0 Å². The molecule has 3 heterocycles. The van der Waals surface area contributed by atoms with Gasteiger partial charge in [0.15, 0.2) is 0 Å². The maximum atomic E-state index is 6.06. The fraction of sp³-hybridized carbons (Fsp3) is 1.00. The van der Waals surface area contributed by atoms with Crippen LogP contribution in [0, 0.1) is 5.92 Å². The summed E-state index contributed by atoms with van der Waals surface area (Å²) in [7, 11) is 0. The van der Waals surface area contributed by atoms with Crippen molar-refractivity contribution in [1.29, 1.82) is 0 Å². The zero-order chi connectivity index (χ0) is 13.3. The fourth-order valence-corrected chi connectivity index (χ4v) is 4.25. The quantitative estimate of drug-likeness (QED) is 0.822. The van der Waals surface area contributed by atoms with Gasteiger partial charge in [0.1, 0.15) is 0 Å². The summed E-state index contributed by atoms with van der Waals surface area (Å²) in [5.74, 6) is 0.734. The van der Waals surface area contributed by atoms with Gasteiger partial charge in [-0.25, -0.2) is 0 Å². The number of rotatable bonds is 2. The first kappa shape index (κ1) is 13.8. The molecule has 19 heavy (non-hydrogen) atoms. The van der Waals surface area contributed by atoms with Gasteiger partial charge in [-0.3, -0.25) is 4.90 Å². The molecule has 4 nitrogen and oxygen atoms in total. The number of nitrogens with zero attached hydrogens (tertiary/aromatic N) is 1. The summed E-state index contributed by atoms with van der Waals surface area (Å²) >= 11 is 0. The molecule has 2 N–H and O–H groups in total. The van der Waals surface area contributed by atoms with Gasteiger partial charge >= 0.3 is 0 Å². The highest BCUT2D eigenvalue weighted by Gasteiger charge is 2.44. The predicted octanol–water partition coefficient (Wildman–Crippen LogP) is 1.38. The lowest BCUT2D eigenvalue weighted by Crippen LogP contribution is -2.57. The van der Waals surface area contributed by atoms with Crippen molar-refractivity contribution in [2.24, 2.45) is 11.7 Å². The second-order valence-corrected chi connectivity index (χ2v) is 6.64. The van der Waals surface area contributed by atoms with Crippen LogP contribution in [-0.2, 0) is 9.47 Å². The molecule has 4 atom stereocenters. The summed E-state index contributed by atoms with van der Waals surface area (Å²) in [5.41, 5.74) is 6.05. The van der Waals surface area contributed by atoms with Gasteiger partial charge in [0.05, 0.1) is 12.2 Å². The topological polar surface area (TPSA) is 47.7 Å². The van der Waals surface area contributed by atoms with Crippen molar-refractivity contribution in [3.05, 3.63) is 0 Å². The predicted molar refractivity (Wildman–Crippen MR) is 75.1 cm³/mol. The smallest absolute Gasteiger partial charge is 0.0951 e. The molecule has 0 aromatic rings. The van der Waals surface area contributed by atoms with Crippen molar-refractivity contribution in [3.63, 3.8) is 0 Å². The van der Waals surface area contributed by atoms with E-state index in [4.69, 9.17) is 15.2 Å². The molecule has 3 rings (SSSR count). The maximum Gasteiger partial charge on any atom is 0.0951 e. The van der Waals surface area contributed by atoms with E-state index in [0.29, 0.717) is 12.1 Å². The highest BCUT2D eigenvalue weighted by atomic mass is 16.6. The summed E-state index contributed by atoms with van der Waals surface area (Å²) in [4.78, 5) is 2.69. The molecule has 0 aromatic carbocycles. The van der Waals surface area contributed by atoms with Crippen LogP contribution >= 0.6 is 0 Å². The number of ether oxygens (including phenoxy) is 2. The van der Waals surface area contributed by atoms with Crippen molar-refractivity contribution in [2.45, 2.75) is 56.7 Å². The van der Waals surface area contributed by atoms with E-state index in [1.54, 1.807) is 0 Å². The zero-order valence-corrected chi connectivity index (χ0v) is 12.1. The van der Waals surface area contributed by atoms with E-state index in [-0.39, 0.29) is 5.60 Å². The molecule has 4 unspecified atom stereocenters. The van der Waals surface area contributed by atoms with E-state index in [2.05, 4.69) is 11.8 Å². The number of piperidine rings is 1. The average molecular weight is 268 g/mol. The Morgan fingerprint density at radius 3 is 2.95 bits per heavy atom. The Hall–Kier alpha value is -0.160. The number of hydrogen-bond donors (Lipinski definition) is 1. The molecular formula is C15H28N2O2. The Bertz CT molecular complexity index is 305. The van der Waals surface area contributed by atoms with Crippen molar-refractivity contribution in [3.8, 4) is 0 Å². The lowest BCUT2D eigenvalue weighted by molar-refractivity contribution is -0.116. The highest BCUT2D eigenvalue weighted by Crippen LogP contribution is 2.37. The lowest BCUT2D eigenvalue weighted by atomic mass is 9.84. The number of likely N-dealkylation sites (tertiary alicyclic amines) is 1. The Balaban J connectivity index is 1.69. The molecule has 3 aliphatic rings. The molecule has 3 saturated heterocycles. The monoisotopic (exact) mass is 268 g/mol. The van der Waals surface area contributed by atoms with Crippen LogP contribution in [0.15, 0.2) is 0 Å². The van der Waals surface area contributed by atoms with Crippen molar-refractivity contribution >= 4 is 0 Å². The first-order valence-electron chi connectivity index (χ1n) is 7.92. The van der Waals surface area contributed by atoms with Gasteiger partial charge in [-0.05, 0) is 38.1 Å². The van der Waals surface area contributed by atoms with Gasteiger partial charge in [0, 0.05) is 38.3 Å². The van der Waals surface area contributed by atoms with Crippen LogP contribution in [0.1, 0.15) is 39.0 Å². The van der Waals surface area contributed by atoms with Gasteiger partial charge < -0.3 is 15.2 Å². The van der Waals surface area contributed by atoms with Gasteiger partial charge in [0.25, 0.3) is 0 Å². The van der Waals surface area contributed by atoms with E-state index in [0.717, 1.165) is 51.5 Å². The van der Waals surface area contributed by atoms with E-state index in [1.165, 1.54) is 19.4 Å². The van der Waals surface area contributed by atoms with Gasteiger partial charge in [-0.15, -0.1) is 0 Å². The Morgan fingerprint density at radius 1 is 1.32 bits per heavy atom. The summed E-state index contributed by atoms with van der Waals surface area (Å²) in [6.07, 6.45) is 6.01. The fourth-order valence-electron chi connectivity index (χ4n) is 4.25. The van der Waals surface area contributed by atoms with Gasteiger partial charge in [-0.2, -0.15) is 0 Å². The van der Waals surface area contributed by atoms with Crippen LogP contribution in [-0.4, -0.2) is 55.5 Å². The van der Waals surface area contributed by atoms with Crippen LogP contribution in [0.25, 0.3) is 0 Å². The van der Waals surface area contributed by atoms with Crippen molar-refractivity contribution < 1.29 is 9.47 Å². The third-order valence-electron chi connectivity index (χ3n) is 5.40. The Kier molecular flexibility index (Phi) is 4.13. The second kappa shape index (κ2) is 5.68. The van der Waals surface area contributed by atoms with Gasteiger partial charge in [0.2, 0.25) is 0 Å². The molecule has 0 radical (unpaired) electrons. The first-order valence-corrected chi connectivity index (χ1v) is 7.92. The van der Waals surface area contributed by atoms with Crippen LogP contribution in [0.4, 0.5) is 0 Å². The molecule has 110 valence electrons. The number of hydrogen-bond acceptors (Lipinski definition) is 4. The van der Waals surface area contributed by atoms with Crippen LogP contribution in [0.3, 0.4) is 0 Å². The minimum Gasteiger partial charge on any atom is -0.378 e. The molecule has 0 aromatic heterocycles. The highest BCUT2D eigenvalue weighted by molar-refractivity contribution is 4.96. The first-order chi connectivity index (χ1) is 9.24. The summed E-state index contributed by atoms with van der Waals surface area (Å²) in [5, 5.41) is 0. The minimum absolute atomic E-state index is 0.0166. The molecule has 0 saturated carbocycles. The summed E-state index contributed by atoms with van der Waals surface area (Å²) in [6, 6.07) is 1.21. The molecule has 0 amide bonds. The third-order valence-corrected chi connectivity index (χ3v) is 5.40. The lowest BCUT2D eigenvalue weighted by Gasteiger charge is -2.48.